The highest BCUT2D eigenvalue weighted by molar-refractivity contribution is 9.10. The van der Waals surface area contributed by atoms with E-state index in [-0.39, 0.29) is 6.10 Å². The normalized spacial score (nSPS) is 17.4. The first-order valence-electron chi connectivity index (χ1n) is 7.95. The van der Waals surface area contributed by atoms with Gasteiger partial charge in [-0.25, -0.2) is 0 Å². The molecule has 0 saturated heterocycles. The third-order valence-electron chi connectivity index (χ3n) is 4.48. The van der Waals surface area contributed by atoms with Gasteiger partial charge >= 0.3 is 0 Å². The number of ether oxygens (including phenoxy) is 1. The molecule has 0 bridgehead atoms. The fourth-order valence-corrected chi connectivity index (χ4v) is 3.27. The average molecular weight is 364 g/mol. The second-order valence-corrected chi connectivity index (χ2v) is 6.79. The monoisotopic (exact) mass is 363 g/mol. The molecule has 2 atom stereocenters. The van der Waals surface area contributed by atoms with Crippen molar-refractivity contribution in [3.63, 3.8) is 0 Å². The Hall–Kier alpha value is -1.36. The summed E-state index contributed by atoms with van der Waals surface area (Å²) in [4.78, 5) is 0. The molecule has 1 aliphatic carbocycles. The Kier molecular flexibility index (Phi) is 4.52. The molecule has 1 fully saturated rings. The zero-order chi connectivity index (χ0) is 15.7. The maximum atomic E-state index is 6.33. The number of hydrogen-bond donors (Lipinski definition) is 0. The fourth-order valence-electron chi connectivity index (χ4n) is 2.91. The van der Waals surface area contributed by atoms with E-state index < -0.39 is 0 Å². The topological polar surface area (TPSA) is 39.4 Å². The summed E-state index contributed by atoms with van der Waals surface area (Å²) in [6.07, 6.45) is 8.80. The van der Waals surface area contributed by atoms with Crippen LogP contribution in [0.1, 0.15) is 51.0 Å². The molecule has 2 heterocycles. The molecule has 0 aromatic carbocycles. The first-order valence-corrected chi connectivity index (χ1v) is 8.75. The molecular formula is C17H22BrN3O. The van der Waals surface area contributed by atoms with Crippen molar-refractivity contribution in [1.82, 2.24) is 14.6 Å². The Morgan fingerprint density at radius 2 is 2.27 bits per heavy atom. The fraction of sp³-hybridized carbons (Fsp3) is 0.529. The van der Waals surface area contributed by atoms with E-state index in [0.717, 1.165) is 29.0 Å². The van der Waals surface area contributed by atoms with Crippen LogP contribution in [0, 0.1) is 5.92 Å². The van der Waals surface area contributed by atoms with Gasteiger partial charge in [0.05, 0.1) is 6.10 Å². The molecule has 0 spiro atoms. The maximum absolute atomic E-state index is 6.33. The van der Waals surface area contributed by atoms with Crippen molar-refractivity contribution < 1.29 is 4.74 Å². The highest BCUT2D eigenvalue weighted by Gasteiger charge is 2.29. The molecule has 4 nitrogen and oxygen atoms in total. The summed E-state index contributed by atoms with van der Waals surface area (Å²) in [7, 11) is 0. The number of halogens is 1. The minimum absolute atomic E-state index is 0.161. The van der Waals surface area contributed by atoms with Gasteiger partial charge < -0.3 is 4.74 Å². The summed E-state index contributed by atoms with van der Waals surface area (Å²) < 4.78 is 9.04. The van der Waals surface area contributed by atoms with E-state index in [1.807, 2.05) is 16.5 Å². The van der Waals surface area contributed by atoms with Gasteiger partial charge in [0.15, 0.2) is 5.65 Å². The van der Waals surface area contributed by atoms with E-state index in [0.29, 0.717) is 11.8 Å². The molecule has 2 aromatic rings. The maximum Gasteiger partial charge on any atom is 0.204 e. The van der Waals surface area contributed by atoms with Crippen molar-refractivity contribution in [2.45, 2.75) is 51.6 Å². The van der Waals surface area contributed by atoms with Crippen LogP contribution >= 0.6 is 15.9 Å². The van der Waals surface area contributed by atoms with Crippen molar-refractivity contribution in [3.8, 4) is 5.75 Å². The third-order valence-corrected chi connectivity index (χ3v) is 5.02. The van der Waals surface area contributed by atoms with Crippen molar-refractivity contribution in [2.75, 3.05) is 0 Å². The van der Waals surface area contributed by atoms with Gasteiger partial charge in [0.2, 0.25) is 4.73 Å². The highest BCUT2D eigenvalue weighted by atomic mass is 79.9. The minimum Gasteiger partial charge on any atom is -0.490 e. The smallest absolute Gasteiger partial charge is 0.204 e. The summed E-state index contributed by atoms with van der Waals surface area (Å²) >= 11 is 3.44. The Labute approximate surface area is 139 Å². The second kappa shape index (κ2) is 6.41. The number of rotatable bonds is 7. The van der Waals surface area contributed by atoms with E-state index in [2.05, 4.69) is 52.8 Å². The number of aromatic nitrogens is 3. The van der Waals surface area contributed by atoms with Crippen LogP contribution in [0.4, 0.5) is 0 Å². The molecule has 3 rings (SSSR count). The van der Waals surface area contributed by atoms with Crippen molar-refractivity contribution >= 4 is 21.6 Å². The van der Waals surface area contributed by atoms with Gasteiger partial charge in [0, 0.05) is 17.8 Å². The van der Waals surface area contributed by atoms with Gasteiger partial charge in [-0.2, -0.15) is 0 Å². The molecule has 2 unspecified atom stereocenters. The van der Waals surface area contributed by atoms with Gasteiger partial charge in [-0.1, -0.05) is 13.0 Å². The molecule has 5 heteroatoms. The summed E-state index contributed by atoms with van der Waals surface area (Å²) in [5.74, 6) is 2.07. The number of fused-ring (bicyclic) bond motifs is 1. The molecular weight excluding hydrogens is 342 g/mol. The predicted octanol–water partition coefficient (Wildman–Crippen LogP) is 4.74. The molecule has 0 amide bonds. The van der Waals surface area contributed by atoms with Gasteiger partial charge in [0.1, 0.15) is 5.75 Å². The summed E-state index contributed by atoms with van der Waals surface area (Å²) in [5, 5.41) is 8.26. The van der Waals surface area contributed by atoms with Gasteiger partial charge in [-0.3, -0.25) is 4.40 Å². The first-order chi connectivity index (χ1) is 10.6. The Morgan fingerprint density at radius 1 is 1.50 bits per heavy atom. The molecule has 22 heavy (non-hydrogen) atoms. The first kappa shape index (κ1) is 15.5. The Bertz CT molecular complexity index is 678. The quantitative estimate of drug-likeness (QED) is 0.667. The number of allylic oxidation sites excluding steroid dienone is 1. The molecule has 0 N–H and O–H groups in total. The third kappa shape index (κ3) is 3.05. The van der Waals surface area contributed by atoms with Crippen LogP contribution in [0.3, 0.4) is 0 Å². The lowest BCUT2D eigenvalue weighted by Crippen LogP contribution is -2.23. The molecule has 0 aliphatic heterocycles. The summed E-state index contributed by atoms with van der Waals surface area (Å²) in [5.41, 5.74) is 2.09. The Morgan fingerprint density at radius 3 is 2.91 bits per heavy atom. The molecule has 118 valence electrons. The number of hydrogen-bond acceptors (Lipinski definition) is 3. The van der Waals surface area contributed by atoms with E-state index in [9.17, 15) is 0 Å². The van der Waals surface area contributed by atoms with Crippen LogP contribution < -0.4 is 4.74 Å². The van der Waals surface area contributed by atoms with Gasteiger partial charge in [0.25, 0.3) is 0 Å². The van der Waals surface area contributed by atoms with Gasteiger partial charge in [-0.05, 0) is 60.4 Å². The summed E-state index contributed by atoms with van der Waals surface area (Å²) in [6.45, 7) is 8.21. The van der Waals surface area contributed by atoms with Crippen molar-refractivity contribution in [2.24, 2.45) is 5.92 Å². The van der Waals surface area contributed by atoms with E-state index >= 15 is 0 Å². The Balaban J connectivity index is 1.91. The lowest BCUT2D eigenvalue weighted by atomic mass is 9.96. The van der Waals surface area contributed by atoms with Crippen LogP contribution in [0.15, 0.2) is 29.7 Å². The van der Waals surface area contributed by atoms with Crippen LogP contribution in [0.2, 0.25) is 0 Å². The number of pyridine rings is 1. The molecule has 1 aliphatic rings. The van der Waals surface area contributed by atoms with Crippen LogP contribution in [-0.2, 0) is 0 Å². The molecule has 1 saturated carbocycles. The SMILES string of the molecule is C=CCC(CC)C(C)Oc1cc2nnc(Br)n2cc1C1CC1. The average Bonchev–Trinajstić information content (AvgIpc) is 3.29. The second-order valence-electron chi connectivity index (χ2n) is 6.08. The van der Waals surface area contributed by atoms with Crippen LogP contribution in [0.25, 0.3) is 5.65 Å². The standard InChI is InChI=1S/C17H22BrN3O/c1-4-6-12(5-2)11(3)22-15-9-16-19-20-17(18)21(16)10-14(15)13-7-8-13/h4,9-13H,1,5-8H2,2-3H3. The van der Waals surface area contributed by atoms with Crippen LogP contribution in [-0.4, -0.2) is 20.7 Å². The zero-order valence-electron chi connectivity index (χ0n) is 13.1. The largest absolute Gasteiger partial charge is 0.490 e. The highest BCUT2D eigenvalue weighted by Crippen LogP contribution is 2.45. The van der Waals surface area contributed by atoms with E-state index in [4.69, 9.17) is 4.74 Å². The van der Waals surface area contributed by atoms with Crippen molar-refractivity contribution in [3.05, 3.63) is 35.2 Å². The predicted molar refractivity (Wildman–Crippen MR) is 91.3 cm³/mol. The van der Waals surface area contributed by atoms with Gasteiger partial charge in [-0.15, -0.1) is 16.8 Å². The zero-order valence-corrected chi connectivity index (χ0v) is 14.7. The minimum atomic E-state index is 0.161. The summed E-state index contributed by atoms with van der Waals surface area (Å²) in [6, 6.07) is 2.02. The molecule has 2 aromatic heterocycles. The van der Waals surface area contributed by atoms with Crippen LogP contribution in [0.5, 0.6) is 5.75 Å². The lowest BCUT2D eigenvalue weighted by Gasteiger charge is -2.24. The molecule has 0 radical (unpaired) electrons. The van der Waals surface area contributed by atoms with E-state index in [1.54, 1.807) is 0 Å². The van der Waals surface area contributed by atoms with Crippen molar-refractivity contribution in [1.29, 1.82) is 0 Å². The number of nitrogens with zero attached hydrogens (tertiary/aromatic N) is 3. The van der Waals surface area contributed by atoms with E-state index in [1.165, 1.54) is 18.4 Å². The lowest BCUT2D eigenvalue weighted by molar-refractivity contribution is 0.148.